The molecule has 114 valence electrons. The van der Waals surface area contributed by atoms with Crippen molar-refractivity contribution in [2.45, 2.75) is 37.8 Å². The molecule has 1 aliphatic heterocycles. The maximum atomic E-state index is 11.6. The first kappa shape index (κ1) is 15.3. The number of nitrogens with zero attached hydrogens (tertiary/aromatic N) is 2. The number of carbonyl (C=O) groups excluding carboxylic acids is 2. The van der Waals surface area contributed by atoms with E-state index >= 15 is 0 Å². The van der Waals surface area contributed by atoms with E-state index in [0.717, 1.165) is 38.8 Å². The monoisotopic (exact) mass is 282 g/mol. The Morgan fingerprint density at radius 1 is 1.10 bits per heavy atom. The van der Waals surface area contributed by atoms with Gasteiger partial charge in [-0.1, -0.05) is 0 Å². The summed E-state index contributed by atoms with van der Waals surface area (Å²) in [6.45, 7) is 2.75. The van der Waals surface area contributed by atoms with E-state index in [1.165, 1.54) is 0 Å². The summed E-state index contributed by atoms with van der Waals surface area (Å²) >= 11 is 0. The van der Waals surface area contributed by atoms with Crippen LogP contribution in [0.5, 0.6) is 0 Å². The first-order valence-electron chi connectivity index (χ1n) is 7.50. The maximum absolute atomic E-state index is 11.6. The van der Waals surface area contributed by atoms with Crippen LogP contribution in [0.1, 0.15) is 25.7 Å². The van der Waals surface area contributed by atoms with Crippen LogP contribution in [0, 0.1) is 0 Å². The quantitative estimate of drug-likeness (QED) is 0.683. The average Bonchev–Trinajstić information content (AvgIpc) is 3.21. The van der Waals surface area contributed by atoms with Crippen LogP contribution < -0.4 is 10.6 Å². The van der Waals surface area contributed by atoms with Crippen LogP contribution >= 0.6 is 0 Å². The van der Waals surface area contributed by atoms with E-state index in [9.17, 15) is 9.59 Å². The number of carbonyl (C=O) groups is 2. The van der Waals surface area contributed by atoms with E-state index in [1.54, 1.807) is 19.0 Å². The molecule has 0 unspecified atom stereocenters. The van der Waals surface area contributed by atoms with Crippen LogP contribution in [0.2, 0.25) is 0 Å². The van der Waals surface area contributed by atoms with Gasteiger partial charge in [0.25, 0.3) is 0 Å². The predicted molar refractivity (Wildman–Crippen MR) is 77.3 cm³/mol. The fourth-order valence-corrected chi connectivity index (χ4v) is 2.37. The molecule has 2 fully saturated rings. The van der Waals surface area contributed by atoms with E-state index in [-0.39, 0.29) is 11.8 Å². The highest BCUT2D eigenvalue weighted by Gasteiger charge is 2.24. The molecule has 1 heterocycles. The Morgan fingerprint density at radius 2 is 1.75 bits per heavy atom. The minimum Gasteiger partial charge on any atom is -0.352 e. The van der Waals surface area contributed by atoms with Crippen LogP contribution in [0.4, 0.5) is 0 Å². The molecule has 0 spiro atoms. The molecule has 2 N–H and O–H groups in total. The van der Waals surface area contributed by atoms with Crippen molar-refractivity contribution in [3.05, 3.63) is 0 Å². The van der Waals surface area contributed by atoms with Gasteiger partial charge in [-0.3, -0.25) is 14.5 Å². The molecule has 0 bridgehead atoms. The van der Waals surface area contributed by atoms with E-state index in [1.807, 2.05) is 0 Å². The number of likely N-dealkylation sites (tertiary alicyclic amines) is 1. The molecule has 2 rings (SSSR count). The lowest BCUT2D eigenvalue weighted by Gasteiger charge is -2.32. The highest BCUT2D eigenvalue weighted by molar-refractivity contribution is 5.78. The van der Waals surface area contributed by atoms with Gasteiger partial charge in [-0.05, 0) is 25.7 Å². The average molecular weight is 282 g/mol. The van der Waals surface area contributed by atoms with Gasteiger partial charge in [0.05, 0.1) is 13.1 Å². The second-order valence-corrected chi connectivity index (χ2v) is 6.06. The third-order valence-electron chi connectivity index (χ3n) is 3.94. The van der Waals surface area contributed by atoms with Gasteiger partial charge in [0.15, 0.2) is 0 Å². The number of nitrogens with one attached hydrogen (secondary N) is 2. The second-order valence-electron chi connectivity index (χ2n) is 6.06. The number of amides is 2. The van der Waals surface area contributed by atoms with Crippen LogP contribution in [-0.4, -0.2) is 74.0 Å². The highest BCUT2D eigenvalue weighted by Crippen LogP contribution is 2.18. The molecular formula is C14H26N4O2. The van der Waals surface area contributed by atoms with Crippen LogP contribution in [-0.2, 0) is 9.59 Å². The summed E-state index contributed by atoms with van der Waals surface area (Å²) in [6, 6.07) is 0.828. The molecule has 2 amide bonds. The minimum atomic E-state index is 0.109. The number of rotatable bonds is 6. The second kappa shape index (κ2) is 7.04. The molecule has 0 aromatic rings. The summed E-state index contributed by atoms with van der Waals surface area (Å²) in [5.41, 5.74) is 0. The summed E-state index contributed by atoms with van der Waals surface area (Å²) in [5.74, 6) is 0.262. The van der Waals surface area contributed by atoms with Gasteiger partial charge < -0.3 is 15.5 Å². The fourth-order valence-electron chi connectivity index (χ4n) is 2.37. The number of hydrogen-bond acceptors (Lipinski definition) is 4. The third-order valence-corrected chi connectivity index (χ3v) is 3.94. The zero-order valence-electron chi connectivity index (χ0n) is 12.5. The largest absolute Gasteiger partial charge is 0.352 e. The molecule has 20 heavy (non-hydrogen) atoms. The molecule has 1 aliphatic carbocycles. The van der Waals surface area contributed by atoms with Gasteiger partial charge in [-0.2, -0.15) is 0 Å². The van der Waals surface area contributed by atoms with Crippen molar-refractivity contribution in [2.75, 3.05) is 40.3 Å². The Kier molecular flexibility index (Phi) is 5.37. The van der Waals surface area contributed by atoms with Crippen molar-refractivity contribution in [3.8, 4) is 0 Å². The van der Waals surface area contributed by atoms with Crippen molar-refractivity contribution in [3.63, 3.8) is 0 Å². The van der Waals surface area contributed by atoms with Crippen molar-refractivity contribution in [1.82, 2.24) is 20.4 Å². The Balaban J connectivity index is 1.58. The molecule has 0 aromatic carbocycles. The van der Waals surface area contributed by atoms with Gasteiger partial charge in [0, 0.05) is 39.3 Å². The topological polar surface area (TPSA) is 64.7 Å². The van der Waals surface area contributed by atoms with Gasteiger partial charge in [-0.25, -0.2) is 0 Å². The minimum absolute atomic E-state index is 0.109. The summed E-state index contributed by atoms with van der Waals surface area (Å²) in [4.78, 5) is 27.0. The zero-order valence-corrected chi connectivity index (χ0v) is 12.5. The molecule has 0 radical (unpaired) electrons. The summed E-state index contributed by atoms with van der Waals surface area (Å²) in [6.07, 6.45) is 4.25. The van der Waals surface area contributed by atoms with Gasteiger partial charge in [0.2, 0.25) is 11.8 Å². The Bertz CT molecular complexity index is 347. The van der Waals surface area contributed by atoms with Crippen molar-refractivity contribution < 1.29 is 9.59 Å². The first-order valence-corrected chi connectivity index (χ1v) is 7.50. The lowest BCUT2D eigenvalue weighted by Crippen LogP contribution is -2.48. The summed E-state index contributed by atoms with van der Waals surface area (Å²) in [7, 11) is 3.57. The summed E-state index contributed by atoms with van der Waals surface area (Å²) < 4.78 is 0. The maximum Gasteiger partial charge on any atom is 0.236 e. The van der Waals surface area contributed by atoms with Crippen LogP contribution in [0.25, 0.3) is 0 Å². The molecule has 0 atom stereocenters. The van der Waals surface area contributed by atoms with Gasteiger partial charge >= 0.3 is 0 Å². The van der Waals surface area contributed by atoms with Crippen molar-refractivity contribution in [2.24, 2.45) is 0 Å². The van der Waals surface area contributed by atoms with Gasteiger partial charge in [-0.15, -0.1) is 0 Å². The molecule has 2 aliphatic rings. The van der Waals surface area contributed by atoms with E-state index < -0.39 is 0 Å². The SMILES string of the molecule is CN(C)C(=O)CN1CCC(NCC(=O)NC2CC2)CC1. The van der Waals surface area contributed by atoms with Crippen molar-refractivity contribution >= 4 is 11.8 Å². The lowest BCUT2D eigenvalue weighted by molar-refractivity contribution is -0.130. The van der Waals surface area contributed by atoms with Gasteiger partial charge in [0.1, 0.15) is 0 Å². The Hall–Kier alpha value is -1.14. The first-order chi connectivity index (χ1) is 9.54. The van der Waals surface area contributed by atoms with E-state index in [2.05, 4.69) is 15.5 Å². The Morgan fingerprint density at radius 3 is 2.30 bits per heavy atom. The molecule has 1 saturated heterocycles. The lowest BCUT2D eigenvalue weighted by atomic mass is 10.1. The number of piperidine rings is 1. The normalized spacial score (nSPS) is 20.7. The standard InChI is InChI=1S/C14H26N4O2/c1-17(2)14(20)10-18-7-5-11(6-8-18)15-9-13(19)16-12-3-4-12/h11-12,15H,3-10H2,1-2H3,(H,16,19). The fraction of sp³-hybridized carbons (Fsp3) is 0.857. The van der Waals surface area contributed by atoms with E-state index in [0.29, 0.717) is 25.2 Å². The molecule has 1 saturated carbocycles. The Labute approximate surface area is 120 Å². The highest BCUT2D eigenvalue weighted by atomic mass is 16.2. The summed E-state index contributed by atoms with van der Waals surface area (Å²) in [5, 5.41) is 6.30. The van der Waals surface area contributed by atoms with Crippen LogP contribution in [0.3, 0.4) is 0 Å². The smallest absolute Gasteiger partial charge is 0.236 e. The van der Waals surface area contributed by atoms with E-state index in [4.69, 9.17) is 0 Å². The number of hydrogen-bond donors (Lipinski definition) is 2. The molecule has 0 aromatic heterocycles. The van der Waals surface area contributed by atoms with Crippen molar-refractivity contribution in [1.29, 1.82) is 0 Å². The molecule has 6 heteroatoms. The zero-order chi connectivity index (χ0) is 14.5. The molecule has 6 nitrogen and oxygen atoms in total. The molecular weight excluding hydrogens is 256 g/mol. The third kappa shape index (κ3) is 5.09. The number of likely N-dealkylation sites (N-methyl/N-ethyl adjacent to an activating group) is 1. The predicted octanol–water partition coefficient (Wildman–Crippen LogP) is -0.593. The van der Waals surface area contributed by atoms with Crippen LogP contribution in [0.15, 0.2) is 0 Å².